The van der Waals surface area contributed by atoms with Gasteiger partial charge in [0.1, 0.15) is 0 Å². The lowest BCUT2D eigenvalue weighted by atomic mass is 10.1. The molecule has 2 atom stereocenters. The van der Waals surface area contributed by atoms with Crippen molar-refractivity contribution in [3.63, 3.8) is 0 Å². The number of ether oxygens (including phenoxy) is 2. The third-order valence-electron chi connectivity index (χ3n) is 2.07. The summed E-state index contributed by atoms with van der Waals surface area (Å²) in [5.41, 5.74) is 5.73. The highest BCUT2D eigenvalue weighted by atomic mass is 16.5. The SMILES string of the molecule is COC(=O)C[C@@H](N)C1CCCO1. The van der Waals surface area contributed by atoms with E-state index in [9.17, 15) is 4.79 Å². The summed E-state index contributed by atoms with van der Waals surface area (Å²) in [5, 5.41) is 0. The van der Waals surface area contributed by atoms with Gasteiger partial charge >= 0.3 is 5.97 Å². The Labute approximate surface area is 72.0 Å². The zero-order valence-corrected chi connectivity index (χ0v) is 7.29. The Morgan fingerprint density at radius 3 is 3.08 bits per heavy atom. The molecule has 12 heavy (non-hydrogen) atoms. The molecule has 0 bridgehead atoms. The molecule has 1 unspecified atom stereocenters. The summed E-state index contributed by atoms with van der Waals surface area (Å²) in [4.78, 5) is 10.8. The van der Waals surface area contributed by atoms with Gasteiger partial charge in [-0.3, -0.25) is 4.79 Å². The van der Waals surface area contributed by atoms with Crippen LogP contribution >= 0.6 is 0 Å². The molecule has 0 spiro atoms. The molecule has 0 aliphatic carbocycles. The quantitative estimate of drug-likeness (QED) is 0.613. The van der Waals surface area contributed by atoms with Gasteiger partial charge in [0, 0.05) is 12.6 Å². The molecule has 2 N–H and O–H groups in total. The molecular weight excluding hydrogens is 158 g/mol. The van der Waals surface area contributed by atoms with Crippen LogP contribution in [0.25, 0.3) is 0 Å². The maximum absolute atomic E-state index is 10.8. The normalized spacial score (nSPS) is 25.3. The van der Waals surface area contributed by atoms with E-state index in [4.69, 9.17) is 10.5 Å². The van der Waals surface area contributed by atoms with E-state index in [0.29, 0.717) is 0 Å². The minimum absolute atomic E-state index is 0.0455. The number of rotatable bonds is 3. The number of nitrogens with two attached hydrogens (primary N) is 1. The van der Waals surface area contributed by atoms with Crippen LogP contribution in [0.2, 0.25) is 0 Å². The first-order valence-electron chi connectivity index (χ1n) is 4.18. The molecule has 1 rings (SSSR count). The molecular formula is C8H15NO3. The fraction of sp³-hybridized carbons (Fsp3) is 0.875. The lowest BCUT2D eigenvalue weighted by Gasteiger charge is -2.16. The van der Waals surface area contributed by atoms with Gasteiger partial charge < -0.3 is 15.2 Å². The molecule has 0 radical (unpaired) electrons. The smallest absolute Gasteiger partial charge is 0.307 e. The molecule has 0 amide bonds. The van der Waals surface area contributed by atoms with Gasteiger partial charge in [0.05, 0.1) is 19.6 Å². The van der Waals surface area contributed by atoms with Gasteiger partial charge in [-0.25, -0.2) is 0 Å². The van der Waals surface area contributed by atoms with E-state index in [2.05, 4.69) is 4.74 Å². The van der Waals surface area contributed by atoms with Crippen LogP contribution in [-0.4, -0.2) is 31.8 Å². The first-order chi connectivity index (χ1) is 5.74. The first-order valence-corrected chi connectivity index (χ1v) is 4.18. The van der Waals surface area contributed by atoms with Gasteiger partial charge in [0.25, 0.3) is 0 Å². The fourth-order valence-corrected chi connectivity index (χ4v) is 1.35. The Morgan fingerprint density at radius 1 is 1.83 bits per heavy atom. The summed E-state index contributed by atoms with van der Waals surface area (Å²) in [5.74, 6) is -0.266. The second-order valence-corrected chi connectivity index (χ2v) is 3.00. The number of carbonyl (C=O) groups excluding carboxylic acids is 1. The molecule has 1 aliphatic heterocycles. The van der Waals surface area contributed by atoms with Crippen LogP contribution in [0.15, 0.2) is 0 Å². The van der Waals surface area contributed by atoms with Gasteiger partial charge in [-0.15, -0.1) is 0 Å². The molecule has 0 aromatic rings. The van der Waals surface area contributed by atoms with Crippen molar-refractivity contribution in [1.82, 2.24) is 0 Å². The summed E-state index contributed by atoms with van der Waals surface area (Å²) in [6, 6.07) is -0.208. The van der Waals surface area contributed by atoms with Crippen LogP contribution in [-0.2, 0) is 14.3 Å². The largest absolute Gasteiger partial charge is 0.469 e. The minimum Gasteiger partial charge on any atom is -0.469 e. The van der Waals surface area contributed by atoms with Crippen LogP contribution in [0.1, 0.15) is 19.3 Å². The second-order valence-electron chi connectivity index (χ2n) is 3.00. The molecule has 1 aliphatic rings. The molecule has 0 aromatic heterocycles. The minimum atomic E-state index is -0.266. The highest BCUT2D eigenvalue weighted by Crippen LogP contribution is 2.16. The first kappa shape index (κ1) is 9.48. The number of hydrogen-bond donors (Lipinski definition) is 1. The Morgan fingerprint density at radius 2 is 2.58 bits per heavy atom. The third-order valence-corrected chi connectivity index (χ3v) is 2.07. The van der Waals surface area contributed by atoms with E-state index in [1.807, 2.05) is 0 Å². The Kier molecular flexibility index (Phi) is 3.49. The van der Waals surface area contributed by atoms with Crippen molar-refractivity contribution >= 4 is 5.97 Å². The van der Waals surface area contributed by atoms with E-state index in [1.54, 1.807) is 0 Å². The Bertz CT molecular complexity index is 154. The van der Waals surface area contributed by atoms with Gasteiger partial charge in [0.2, 0.25) is 0 Å². The number of carbonyl (C=O) groups is 1. The van der Waals surface area contributed by atoms with E-state index < -0.39 is 0 Å². The number of hydrogen-bond acceptors (Lipinski definition) is 4. The molecule has 4 heteroatoms. The predicted molar refractivity (Wildman–Crippen MR) is 43.6 cm³/mol. The zero-order chi connectivity index (χ0) is 8.97. The van der Waals surface area contributed by atoms with E-state index in [0.717, 1.165) is 19.4 Å². The molecule has 0 aromatic carbocycles. The molecule has 1 fully saturated rings. The highest BCUT2D eigenvalue weighted by Gasteiger charge is 2.24. The fourth-order valence-electron chi connectivity index (χ4n) is 1.35. The van der Waals surface area contributed by atoms with Crippen LogP contribution in [0.5, 0.6) is 0 Å². The van der Waals surface area contributed by atoms with Crippen LogP contribution in [0, 0.1) is 0 Å². The summed E-state index contributed by atoms with van der Waals surface area (Å²) in [6.07, 6.45) is 2.29. The molecule has 0 saturated carbocycles. The Balaban J connectivity index is 2.26. The van der Waals surface area contributed by atoms with Gasteiger partial charge in [-0.05, 0) is 12.8 Å². The third kappa shape index (κ3) is 2.46. The van der Waals surface area contributed by atoms with Crippen LogP contribution in [0.4, 0.5) is 0 Å². The van der Waals surface area contributed by atoms with Gasteiger partial charge in [-0.2, -0.15) is 0 Å². The summed E-state index contributed by atoms with van der Waals surface area (Å²) < 4.78 is 9.83. The summed E-state index contributed by atoms with van der Waals surface area (Å²) in [7, 11) is 1.37. The van der Waals surface area contributed by atoms with Crippen molar-refractivity contribution in [2.75, 3.05) is 13.7 Å². The van der Waals surface area contributed by atoms with E-state index in [1.165, 1.54) is 7.11 Å². The van der Waals surface area contributed by atoms with E-state index >= 15 is 0 Å². The lowest BCUT2D eigenvalue weighted by Crippen LogP contribution is -2.36. The highest BCUT2D eigenvalue weighted by molar-refractivity contribution is 5.69. The van der Waals surface area contributed by atoms with Crippen molar-refractivity contribution in [3.05, 3.63) is 0 Å². The standard InChI is InChI=1S/C8H15NO3/c1-11-8(10)5-6(9)7-3-2-4-12-7/h6-7H,2-5,9H2,1H3/t6-,7?/m1/s1. The van der Waals surface area contributed by atoms with Crippen molar-refractivity contribution in [2.24, 2.45) is 5.73 Å². The Hall–Kier alpha value is -0.610. The lowest BCUT2D eigenvalue weighted by molar-refractivity contribution is -0.141. The molecule has 70 valence electrons. The average molecular weight is 173 g/mol. The monoisotopic (exact) mass is 173 g/mol. The van der Waals surface area contributed by atoms with Crippen molar-refractivity contribution < 1.29 is 14.3 Å². The van der Waals surface area contributed by atoms with Crippen molar-refractivity contribution in [1.29, 1.82) is 0 Å². The maximum Gasteiger partial charge on any atom is 0.307 e. The summed E-state index contributed by atoms with van der Waals surface area (Å²) in [6.45, 7) is 0.763. The zero-order valence-electron chi connectivity index (χ0n) is 7.29. The molecule has 1 saturated heterocycles. The second kappa shape index (κ2) is 4.42. The van der Waals surface area contributed by atoms with Crippen LogP contribution in [0.3, 0.4) is 0 Å². The predicted octanol–water partition coefficient (Wildman–Crippen LogP) is 0.0558. The number of methoxy groups -OCH3 is 1. The van der Waals surface area contributed by atoms with Gasteiger partial charge in [-0.1, -0.05) is 0 Å². The molecule has 1 heterocycles. The van der Waals surface area contributed by atoms with Crippen molar-refractivity contribution in [3.8, 4) is 0 Å². The van der Waals surface area contributed by atoms with Crippen LogP contribution < -0.4 is 5.73 Å². The summed E-state index contributed by atoms with van der Waals surface area (Å²) >= 11 is 0. The molecule has 4 nitrogen and oxygen atoms in total. The number of esters is 1. The topological polar surface area (TPSA) is 61.5 Å². The van der Waals surface area contributed by atoms with Crippen molar-refractivity contribution in [2.45, 2.75) is 31.4 Å². The average Bonchev–Trinajstić information content (AvgIpc) is 2.56. The maximum atomic E-state index is 10.8. The van der Waals surface area contributed by atoms with E-state index in [-0.39, 0.29) is 24.5 Å². The van der Waals surface area contributed by atoms with Gasteiger partial charge in [0.15, 0.2) is 0 Å².